The number of nitrogens with zero attached hydrogens (tertiary/aromatic N) is 2. The number of hydrogen-bond donors (Lipinski definition) is 1. The van der Waals surface area contributed by atoms with Crippen LogP contribution >= 0.6 is 11.6 Å². The van der Waals surface area contributed by atoms with E-state index in [1.54, 1.807) is 0 Å². The second-order valence-corrected chi connectivity index (χ2v) is 4.32. The molecule has 2 rings (SSSR count). The lowest BCUT2D eigenvalue weighted by atomic mass is 10.2. The molecule has 1 aromatic carbocycles. The van der Waals surface area contributed by atoms with Crippen molar-refractivity contribution in [3.63, 3.8) is 0 Å². The van der Waals surface area contributed by atoms with Crippen molar-refractivity contribution in [1.82, 2.24) is 9.97 Å². The van der Waals surface area contributed by atoms with Crippen LogP contribution in [0.4, 0.5) is 17.6 Å². The Labute approximate surface area is 124 Å². The second kappa shape index (κ2) is 5.65. The lowest BCUT2D eigenvalue weighted by Crippen LogP contribution is -2.19. The molecule has 114 valence electrons. The summed E-state index contributed by atoms with van der Waals surface area (Å²) in [6.07, 6.45) is -4.45. The Hall–Kier alpha value is -2.60. The number of aromatic nitrogens is 2. The highest BCUT2D eigenvalue weighted by Gasteiger charge is 2.38. The summed E-state index contributed by atoms with van der Waals surface area (Å²) in [6, 6.07) is 3.26. The molecule has 0 fully saturated rings. The summed E-state index contributed by atoms with van der Waals surface area (Å²) in [7, 11) is 0. The third-order valence-electron chi connectivity index (χ3n) is 2.42. The average molecular weight is 334 g/mol. The SMILES string of the molecule is N#Cc1cc(Cl)cc(Oc2c(C(F)(F)F)nc[nH]c2=O)c1F. The van der Waals surface area contributed by atoms with Crippen LogP contribution in [0, 0.1) is 17.1 Å². The van der Waals surface area contributed by atoms with Crippen molar-refractivity contribution in [2.75, 3.05) is 0 Å². The van der Waals surface area contributed by atoms with Gasteiger partial charge in [-0.1, -0.05) is 11.6 Å². The van der Waals surface area contributed by atoms with E-state index in [1.807, 2.05) is 4.98 Å². The molecule has 5 nitrogen and oxygen atoms in total. The maximum absolute atomic E-state index is 13.9. The van der Waals surface area contributed by atoms with Crippen LogP contribution in [0.2, 0.25) is 5.02 Å². The van der Waals surface area contributed by atoms with Crippen molar-refractivity contribution in [3.05, 3.63) is 50.9 Å². The molecule has 22 heavy (non-hydrogen) atoms. The molecule has 0 spiro atoms. The van der Waals surface area contributed by atoms with E-state index in [9.17, 15) is 22.4 Å². The van der Waals surface area contributed by atoms with Gasteiger partial charge in [0.1, 0.15) is 6.07 Å². The van der Waals surface area contributed by atoms with Gasteiger partial charge in [0.2, 0.25) is 5.75 Å². The van der Waals surface area contributed by atoms with E-state index >= 15 is 0 Å². The van der Waals surface area contributed by atoms with Gasteiger partial charge in [0.15, 0.2) is 17.3 Å². The molecular weight excluding hydrogens is 330 g/mol. The van der Waals surface area contributed by atoms with Gasteiger partial charge in [-0.15, -0.1) is 0 Å². The summed E-state index contributed by atoms with van der Waals surface area (Å²) in [4.78, 5) is 16.4. The van der Waals surface area contributed by atoms with Crippen LogP contribution in [0.1, 0.15) is 11.3 Å². The van der Waals surface area contributed by atoms with Crippen LogP contribution in [0.3, 0.4) is 0 Å². The molecule has 0 bridgehead atoms. The zero-order chi connectivity index (χ0) is 16.5. The Morgan fingerprint density at radius 2 is 2.05 bits per heavy atom. The van der Waals surface area contributed by atoms with Gasteiger partial charge >= 0.3 is 6.18 Å². The lowest BCUT2D eigenvalue weighted by Gasteiger charge is -2.12. The molecule has 0 aliphatic carbocycles. The number of nitriles is 1. The second-order valence-electron chi connectivity index (χ2n) is 3.89. The monoisotopic (exact) mass is 333 g/mol. The zero-order valence-corrected chi connectivity index (χ0v) is 11.1. The fourth-order valence-electron chi connectivity index (χ4n) is 1.51. The Kier molecular flexibility index (Phi) is 4.05. The largest absolute Gasteiger partial charge is 0.446 e. The van der Waals surface area contributed by atoms with Crippen molar-refractivity contribution in [3.8, 4) is 17.6 Å². The predicted octanol–water partition coefficient (Wildman–Crippen LogP) is 3.25. The Morgan fingerprint density at radius 3 is 2.64 bits per heavy atom. The standard InChI is InChI=1S/C12H4ClF4N3O2/c13-6-1-5(3-18)8(14)7(2-6)22-9-10(12(15,16)17)19-4-20-11(9)21/h1-2,4H,(H,19,20,21). The number of aromatic amines is 1. The van der Waals surface area contributed by atoms with E-state index in [0.717, 1.165) is 12.1 Å². The number of ether oxygens (including phenoxy) is 1. The van der Waals surface area contributed by atoms with E-state index in [1.165, 1.54) is 6.07 Å². The van der Waals surface area contributed by atoms with Crippen LogP contribution in [0.5, 0.6) is 11.5 Å². The number of hydrogen-bond acceptors (Lipinski definition) is 4. The summed E-state index contributed by atoms with van der Waals surface area (Å²) in [5.74, 6) is -3.30. The smallest absolute Gasteiger partial charge is 0.437 e. The molecule has 0 atom stereocenters. The third kappa shape index (κ3) is 3.01. The summed E-state index contributed by atoms with van der Waals surface area (Å²) in [5, 5.41) is 8.56. The molecule has 2 aromatic rings. The van der Waals surface area contributed by atoms with Gasteiger partial charge in [0.25, 0.3) is 5.56 Å². The van der Waals surface area contributed by atoms with E-state index < -0.39 is 40.3 Å². The first-order valence-electron chi connectivity index (χ1n) is 5.46. The van der Waals surface area contributed by atoms with E-state index in [2.05, 4.69) is 9.72 Å². The topological polar surface area (TPSA) is 78.8 Å². The summed E-state index contributed by atoms with van der Waals surface area (Å²) in [5.41, 5.74) is -3.44. The number of nitrogens with one attached hydrogen (secondary N) is 1. The molecule has 0 unspecified atom stereocenters. The highest BCUT2D eigenvalue weighted by atomic mass is 35.5. The van der Waals surface area contributed by atoms with Gasteiger partial charge in [-0.05, 0) is 6.07 Å². The molecule has 0 saturated carbocycles. The normalized spacial score (nSPS) is 11.1. The quantitative estimate of drug-likeness (QED) is 0.856. The molecule has 0 saturated heterocycles. The number of H-pyrrole nitrogens is 1. The van der Waals surface area contributed by atoms with Crippen molar-refractivity contribution >= 4 is 11.6 Å². The molecule has 0 amide bonds. The maximum Gasteiger partial charge on any atom is 0.437 e. The predicted molar refractivity (Wildman–Crippen MR) is 66.1 cm³/mol. The Morgan fingerprint density at radius 1 is 1.36 bits per heavy atom. The summed E-state index contributed by atoms with van der Waals surface area (Å²) >= 11 is 5.61. The molecule has 1 N–H and O–H groups in total. The first-order chi connectivity index (χ1) is 10.2. The van der Waals surface area contributed by atoms with Crippen molar-refractivity contribution in [1.29, 1.82) is 5.26 Å². The molecule has 0 radical (unpaired) electrons. The van der Waals surface area contributed by atoms with Crippen LogP contribution < -0.4 is 10.3 Å². The molecule has 0 aliphatic heterocycles. The minimum absolute atomic E-state index is 0.151. The van der Waals surface area contributed by atoms with Crippen LogP contribution in [0.15, 0.2) is 23.3 Å². The minimum atomic E-state index is -4.99. The summed E-state index contributed by atoms with van der Waals surface area (Å²) in [6.45, 7) is 0. The molecule has 10 heteroatoms. The average Bonchev–Trinajstić information content (AvgIpc) is 2.43. The first kappa shape index (κ1) is 15.8. The third-order valence-corrected chi connectivity index (χ3v) is 2.63. The van der Waals surface area contributed by atoms with Gasteiger partial charge < -0.3 is 9.72 Å². The molecule has 0 aliphatic rings. The van der Waals surface area contributed by atoms with Gasteiger partial charge in [0, 0.05) is 11.1 Å². The lowest BCUT2D eigenvalue weighted by molar-refractivity contribution is -0.142. The van der Waals surface area contributed by atoms with Crippen LogP contribution in [-0.2, 0) is 6.18 Å². The highest BCUT2D eigenvalue weighted by molar-refractivity contribution is 6.30. The van der Waals surface area contributed by atoms with E-state index in [4.69, 9.17) is 16.9 Å². The van der Waals surface area contributed by atoms with Gasteiger partial charge in [-0.2, -0.15) is 18.4 Å². The van der Waals surface area contributed by atoms with Gasteiger partial charge in [-0.3, -0.25) is 4.79 Å². The fraction of sp³-hybridized carbons (Fsp3) is 0.0833. The van der Waals surface area contributed by atoms with Gasteiger partial charge in [-0.25, -0.2) is 9.37 Å². The van der Waals surface area contributed by atoms with Gasteiger partial charge in [0.05, 0.1) is 11.9 Å². The van der Waals surface area contributed by atoms with Crippen LogP contribution in [0.25, 0.3) is 0 Å². The Balaban J connectivity index is 2.61. The van der Waals surface area contributed by atoms with E-state index in [-0.39, 0.29) is 5.02 Å². The minimum Gasteiger partial charge on any atom is -0.446 e. The fourth-order valence-corrected chi connectivity index (χ4v) is 1.72. The molecular formula is C12H4ClF4N3O2. The van der Waals surface area contributed by atoms with Crippen molar-refractivity contribution in [2.24, 2.45) is 0 Å². The number of rotatable bonds is 2. The maximum atomic E-state index is 13.9. The zero-order valence-electron chi connectivity index (χ0n) is 10.3. The molecule has 1 heterocycles. The number of benzene rings is 1. The van der Waals surface area contributed by atoms with Crippen molar-refractivity contribution in [2.45, 2.75) is 6.18 Å². The number of halogens is 5. The first-order valence-corrected chi connectivity index (χ1v) is 5.83. The molecule has 1 aromatic heterocycles. The van der Waals surface area contributed by atoms with Crippen LogP contribution in [-0.4, -0.2) is 9.97 Å². The Bertz CT molecular complexity index is 827. The van der Waals surface area contributed by atoms with Crippen molar-refractivity contribution < 1.29 is 22.3 Å². The highest BCUT2D eigenvalue weighted by Crippen LogP contribution is 2.35. The number of alkyl halides is 3. The summed E-state index contributed by atoms with van der Waals surface area (Å²) < 4.78 is 56.9. The van der Waals surface area contributed by atoms with E-state index in [0.29, 0.717) is 6.33 Å².